The maximum absolute atomic E-state index is 11.9. The number of anilines is 1. The molecule has 6 nitrogen and oxygen atoms in total. The first-order chi connectivity index (χ1) is 11.2. The molecule has 1 aromatic carbocycles. The number of nitrogens with zero attached hydrogens (tertiary/aromatic N) is 1. The molecular formula is C17H23IN4O2. The van der Waals surface area contributed by atoms with Gasteiger partial charge in [-0.3, -0.25) is 4.79 Å². The van der Waals surface area contributed by atoms with Gasteiger partial charge < -0.3 is 20.8 Å². The zero-order valence-electron chi connectivity index (χ0n) is 13.6. The highest BCUT2D eigenvalue weighted by Gasteiger charge is 2.08. The summed E-state index contributed by atoms with van der Waals surface area (Å²) in [6, 6.07) is 10.8. The van der Waals surface area contributed by atoms with Crippen molar-refractivity contribution in [1.82, 2.24) is 5.32 Å². The monoisotopic (exact) mass is 442 g/mol. The average Bonchev–Trinajstić information content (AvgIpc) is 3.08. The van der Waals surface area contributed by atoms with Crippen LogP contribution in [-0.4, -0.2) is 18.4 Å². The van der Waals surface area contributed by atoms with Crippen molar-refractivity contribution in [1.29, 1.82) is 0 Å². The summed E-state index contributed by atoms with van der Waals surface area (Å²) in [5.41, 5.74) is 7.45. The lowest BCUT2D eigenvalue weighted by atomic mass is 10.2. The number of carbonyl (C=O) groups is 1. The maximum atomic E-state index is 11.9. The number of unbranched alkanes of at least 4 members (excludes halogenated alkanes) is 1. The van der Waals surface area contributed by atoms with Gasteiger partial charge in [0.1, 0.15) is 0 Å². The quantitative estimate of drug-likeness (QED) is 0.265. The van der Waals surface area contributed by atoms with Gasteiger partial charge in [-0.2, -0.15) is 0 Å². The topological polar surface area (TPSA) is 92.6 Å². The highest BCUT2D eigenvalue weighted by molar-refractivity contribution is 14.0. The molecule has 0 saturated heterocycles. The lowest BCUT2D eigenvalue weighted by Gasteiger charge is -2.06. The summed E-state index contributed by atoms with van der Waals surface area (Å²) < 4.78 is 5.06. The molecule has 1 aromatic heterocycles. The van der Waals surface area contributed by atoms with Gasteiger partial charge in [0.05, 0.1) is 12.8 Å². The summed E-state index contributed by atoms with van der Waals surface area (Å²) in [5, 5.41) is 5.85. The van der Waals surface area contributed by atoms with E-state index >= 15 is 0 Å². The van der Waals surface area contributed by atoms with Crippen molar-refractivity contribution in [3.63, 3.8) is 0 Å². The predicted octanol–water partition coefficient (Wildman–Crippen LogP) is 3.35. The van der Waals surface area contributed by atoms with E-state index in [2.05, 4.69) is 22.5 Å². The third kappa shape index (κ3) is 6.61. The van der Waals surface area contributed by atoms with Crippen LogP contribution in [0.3, 0.4) is 0 Å². The second-order valence-corrected chi connectivity index (χ2v) is 5.11. The van der Waals surface area contributed by atoms with Gasteiger partial charge in [-0.05, 0) is 36.2 Å². The van der Waals surface area contributed by atoms with Gasteiger partial charge in [0, 0.05) is 12.2 Å². The molecule has 2 aromatic rings. The molecule has 0 spiro atoms. The van der Waals surface area contributed by atoms with Crippen molar-refractivity contribution >= 4 is 41.5 Å². The zero-order valence-corrected chi connectivity index (χ0v) is 15.9. The number of hydrogen-bond acceptors (Lipinski definition) is 3. The van der Waals surface area contributed by atoms with Crippen LogP contribution in [0.15, 0.2) is 52.1 Å². The van der Waals surface area contributed by atoms with Crippen LogP contribution in [0.1, 0.15) is 35.9 Å². The summed E-state index contributed by atoms with van der Waals surface area (Å²) in [6.45, 7) is 3.40. The second kappa shape index (κ2) is 10.7. The third-order valence-corrected chi connectivity index (χ3v) is 3.20. The number of nitrogens with two attached hydrogens (primary N) is 1. The van der Waals surface area contributed by atoms with Gasteiger partial charge in [0.2, 0.25) is 0 Å². The summed E-state index contributed by atoms with van der Waals surface area (Å²) >= 11 is 0. The molecule has 2 rings (SSSR count). The van der Waals surface area contributed by atoms with E-state index in [1.165, 1.54) is 6.26 Å². The summed E-state index contributed by atoms with van der Waals surface area (Å²) in [4.78, 5) is 16.2. The van der Waals surface area contributed by atoms with Crippen LogP contribution in [0.4, 0.5) is 5.69 Å². The standard InChI is InChI=1S/C17H22N4O2.HI/c1-2-3-9-19-17(18)20-12-13-6-4-7-14(11-13)21-16(22)15-8-5-10-23-15;/h4-8,10-11H,2-3,9,12H2,1H3,(H,21,22)(H3,18,19,20);1H. The van der Waals surface area contributed by atoms with Crippen LogP contribution < -0.4 is 16.4 Å². The summed E-state index contributed by atoms with van der Waals surface area (Å²) in [7, 11) is 0. The van der Waals surface area contributed by atoms with E-state index in [0.29, 0.717) is 18.2 Å². The van der Waals surface area contributed by atoms with Gasteiger partial charge in [-0.15, -0.1) is 24.0 Å². The van der Waals surface area contributed by atoms with Crippen molar-refractivity contribution < 1.29 is 9.21 Å². The van der Waals surface area contributed by atoms with Gasteiger partial charge in [0.15, 0.2) is 11.7 Å². The van der Waals surface area contributed by atoms with E-state index < -0.39 is 0 Å². The molecular weight excluding hydrogens is 419 g/mol. The minimum Gasteiger partial charge on any atom is -0.459 e. The highest BCUT2D eigenvalue weighted by Crippen LogP contribution is 2.13. The van der Waals surface area contributed by atoms with Crippen molar-refractivity contribution in [3.05, 3.63) is 54.0 Å². The minimum atomic E-state index is -0.281. The fourth-order valence-corrected chi connectivity index (χ4v) is 1.97. The Balaban J connectivity index is 0.00000288. The molecule has 0 fully saturated rings. The number of nitrogens with one attached hydrogen (secondary N) is 2. The lowest BCUT2D eigenvalue weighted by Crippen LogP contribution is -2.32. The molecule has 1 heterocycles. The van der Waals surface area contributed by atoms with E-state index in [4.69, 9.17) is 10.2 Å². The fraction of sp³-hybridized carbons (Fsp3) is 0.294. The molecule has 0 unspecified atom stereocenters. The first kappa shape index (κ1) is 20.0. The number of halogens is 1. The molecule has 130 valence electrons. The number of furan rings is 1. The van der Waals surface area contributed by atoms with Crippen LogP contribution in [0.2, 0.25) is 0 Å². The Kier molecular flexibility index (Phi) is 8.92. The van der Waals surface area contributed by atoms with E-state index in [1.54, 1.807) is 12.1 Å². The maximum Gasteiger partial charge on any atom is 0.291 e. The molecule has 0 aliphatic heterocycles. The van der Waals surface area contributed by atoms with Crippen molar-refractivity contribution in [2.24, 2.45) is 10.7 Å². The number of aliphatic imine (C=N–C) groups is 1. The van der Waals surface area contributed by atoms with Gasteiger partial charge in [0.25, 0.3) is 5.91 Å². The second-order valence-electron chi connectivity index (χ2n) is 5.11. The molecule has 0 aliphatic rings. The number of carbonyl (C=O) groups excluding carboxylic acids is 1. The predicted molar refractivity (Wildman–Crippen MR) is 107 cm³/mol. The van der Waals surface area contributed by atoms with Crippen LogP contribution >= 0.6 is 24.0 Å². The van der Waals surface area contributed by atoms with E-state index in [9.17, 15) is 4.79 Å². The van der Waals surface area contributed by atoms with Gasteiger partial charge >= 0.3 is 0 Å². The van der Waals surface area contributed by atoms with E-state index in [0.717, 1.165) is 24.9 Å². The molecule has 1 amide bonds. The van der Waals surface area contributed by atoms with Crippen LogP contribution in [0, 0.1) is 0 Å². The molecule has 0 atom stereocenters. The Hall–Kier alpha value is -2.03. The third-order valence-electron chi connectivity index (χ3n) is 3.20. The number of rotatable bonds is 7. The number of guanidine groups is 1. The van der Waals surface area contributed by atoms with Crippen LogP contribution in [0.25, 0.3) is 0 Å². The lowest BCUT2D eigenvalue weighted by molar-refractivity contribution is 0.0996. The molecule has 0 radical (unpaired) electrons. The Bertz CT molecular complexity index is 656. The SMILES string of the molecule is CCCCNC(N)=NCc1cccc(NC(=O)c2ccco2)c1.I. The Morgan fingerprint density at radius 1 is 1.29 bits per heavy atom. The first-order valence-electron chi connectivity index (χ1n) is 7.66. The largest absolute Gasteiger partial charge is 0.459 e. The molecule has 0 bridgehead atoms. The highest BCUT2D eigenvalue weighted by atomic mass is 127. The van der Waals surface area contributed by atoms with Crippen LogP contribution in [0.5, 0.6) is 0 Å². The van der Waals surface area contributed by atoms with Gasteiger partial charge in [-0.25, -0.2) is 4.99 Å². The van der Waals surface area contributed by atoms with Gasteiger partial charge in [-0.1, -0.05) is 25.5 Å². The van der Waals surface area contributed by atoms with Crippen molar-refractivity contribution in [2.75, 3.05) is 11.9 Å². The smallest absolute Gasteiger partial charge is 0.291 e. The van der Waals surface area contributed by atoms with E-state index in [1.807, 2.05) is 24.3 Å². The molecule has 7 heteroatoms. The molecule has 0 aliphatic carbocycles. The Morgan fingerprint density at radius 3 is 2.83 bits per heavy atom. The van der Waals surface area contributed by atoms with Crippen LogP contribution in [-0.2, 0) is 6.54 Å². The number of amides is 1. The first-order valence-corrected chi connectivity index (χ1v) is 7.66. The molecule has 0 saturated carbocycles. The summed E-state index contributed by atoms with van der Waals surface area (Å²) in [6.07, 6.45) is 3.64. The Morgan fingerprint density at radius 2 is 2.12 bits per heavy atom. The number of hydrogen-bond donors (Lipinski definition) is 3. The molecule has 24 heavy (non-hydrogen) atoms. The average molecular weight is 442 g/mol. The zero-order chi connectivity index (χ0) is 16.5. The normalized spacial score (nSPS) is 10.8. The Labute approximate surface area is 158 Å². The number of benzene rings is 1. The fourth-order valence-electron chi connectivity index (χ4n) is 1.97. The van der Waals surface area contributed by atoms with Crippen molar-refractivity contribution in [3.8, 4) is 0 Å². The summed E-state index contributed by atoms with van der Waals surface area (Å²) in [5.74, 6) is 0.428. The minimum absolute atomic E-state index is 0. The molecule has 4 N–H and O–H groups in total. The van der Waals surface area contributed by atoms with E-state index in [-0.39, 0.29) is 35.6 Å². The van der Waals surface area contributed by atoms with Crippen molar-refractivity contribution in [2.45, 2.75) is 26.3 Å².